The van der Waals surface area contributed by atoms with E-state index >= 15 is 0 Å². The van der Waals surface area contributed by atoms with E-state index in [0.717, 1.165) is 0 Å². The van der Waals surface area contributed by atoms with Gasteiger partial charge in [-0.15, -0.1) is 0 Å². The van der Waals surface area contributed by atoms with E-state index in [9.17, 15) is 14.9 Å². The summed E-state index contributed by atoms with van der Waals surface area (Å²) < 4.78 is 0. The number of amides is 1. The van der Waals surface area contributed by atoms with Gasteiger partial charge >= 0.3 is 6.09 Å². The van der Waals surface area contributed by atoms with Gasteiger partial charge in [0.05, 0.1) is 4.92 Å². The third kappa shape index (κ3) is 3.14. The summed E-state index contributed by atoms with van der Waals surface area (Å²) in [4.78, 5) is 27.0. The van der Waals surface area contributed by atoms with Crippen molar-refractivity contribution in [3.8, 4) is 0 Å². The Kier molecular flexibility index (Phi) is 4.02. The molecule has 0 unspecified atom stereocenters. The van der Waals surface area contributed by atoms with Crippen molar-refractivity contribution < 1.29 is 14.8 Å². The monoisotopic (exact) mass is 280 g/mol. The summed E-state index contributed by atoms with van der Waals surface area (Å²) in [5.74, 6) is 0.696. The molecule has 2 heterocycles. The minimum atomic E-state index is -1.01. The zero-order valence-electron chi connectivity index (χ0n) is 11.1. The molecule has 1 fully saturated rings. The normalized spacial score (nSPS) is 15.9. The summed E-state index contributed by atoms with van der Waals surface area (Å²) in [6.45, 7) is 3.03. The maximum absolute atomic E-state index is 10.7. The number of pyridine rings is 1. The molecule has 0 atom stereocenters. The molecule has 0 bridgehead atoms. The lowest BCUT2D eigenvalue weighted by atomic mass is 10.1. The van der Waals surface area contributed by atoms with E-state index < -0.39 is 11.0 Å². The third-order valence-electron chi connectivity index (χ3n) is 3.41. The second kappa shape index (κ2) is 5.72. The quantitative estimate of drug-likeness (QED) is 0.642. The van der Waals surface area contributed by atoms with Gasteiger partial charge in [0.25, 0.3) is 5.69 Å². The number of carboxylic acid groups (broad SMARTS) is 1. The number of anilines is 1. The number of nitro groups is 1. The summed E-state index contributed by atoms with van der Waals surface area (Å²) in [5.41, 5.74) is 0.585. The fourth-order valence-corrected chi connectivity index (χ4v) is 2.33. The first-order valence-corrected chi connectivity index (χ1v) is 6.33. The van der Waals surface area contributed by atoms with Crippen molar-refractivity contribution in [2.24, 2.45) is 0 Å². The average Bonchev–Trinajstić information content (AvgIpc) is 2.38. The van der Waals surface area contributed by atoms with Crippen LogP contribution in [0.1, 0.15) is 18.4 Å². The zero-order chi connectivity index (χ0) is 14.7. The van der Waals surface area contributed by atoms with Crippen LogP contribution in [0, 0.1) is 17.0 Å². The molecule has 0 saturated carbocycles. The molecular weight excluding hydrogens is 264 g/mol. The van der Waals surface area contributed by atoms with Gasteiger partial charge in [0, 0.05) is 24.7 Å². The van der Waals surface area contributed by atoms with E-state index in [-0.39, 0.29) is 11.7 Å². The Morgan fingerprint density at radius 2 is 2.20 bits per heavy atom. The van der Waals surface area contributed by atoms with Crippen LogP contribution in [0.25, 0.3) is 0 Å². The van der Waals surface area contributed by atoms with Crippen molar-refractivity contribution in [2.75, 3.05) is 18.0 Å². The van der Waals surface area contributed by atoms with Crippen molar-refractivity contribution >= 4 is 17.6 Å². The van der Waals surface area contributed by atoms with Gasteiger partial charge in [0.15, 0.2) is 0 Å². The van der Waals surface area contributed by atoms with Crippen molar-refractivity contribution in [1.29, 1.82) is 0 Å². The van der Waals surface area contributed by atoms with Crippen LogP contribution in [-0.4, -0.2) is 40.2 Å². The molecule has 0 aromatic carbocycles. The molecule has 2 rings (SSSR count). The standard InChI is InChI=1S/C12H16N4O4/c1-8-6-11(13-7-10(8)16(19)20)15-4-2-9(3-5-15)14-12(17)18/h6-7,9,14H,2-5H2,1H3,(H,17,18). The highest BCUT2D eigenvalue weighted by atomic mass is 16.6. The van der Waals surface area contributed by atoms with Crippen molar-refractivity contribution in [3.63, 3.8) is 0 Å². The lowest BCUT2D eigenvalue weighted by Crippen LogP contribution is -2.44. The minimum absolute atomic E-state index is 0.0104. The van der Waals surface area contributed by atoms with Crippen molar-refractivity contribution in [1.82, 2.24) is 10.3 Å². The van der Waals surface area contributed by atoms with Gasteiger partial charge in [-0.1, -0.05) is 0 Å². The van der Waals surface area contributed by atoms with Gasteiger partial charge in [-0.05, 0) is 25.8 Å². The van der Waals surface area contributed by atoms with Crippen LogP contribution in [0.5, 0.6) is 0 Å². The molecule has 0 radical (unpaired) electrons. The molecule has 1 amide bonds. The molecule has 1 aliphatic heterocycles. The van der Waals surface area contributed by atoms with Gasteiger partial charge in [-0.25, -0.2) is 9.78 Å². The predicted molar refractivity (Wildman–Crippen MR) is 72.0 cm³/mol. The number of nitrogens with zero attached hydrogens (tertiary/aromatic N) is 3. The molecular formula is C12H16N4O4. The first kappa shape index (κ1) is 14.0. The van der Waals surface area contributed by atoms with Crippen LogP contribution in [0.2, 0.25) is 0 Å². The van der Waals surface area contributed by atoms with E-state index in [1.807, 2.05) is 4.90 Å². The second-order valence-electron chi connectivity index (χ2n) is 4.80. The van der Waals surface area contributed by atoms with Crippen molar-refractivity contribution in [3.05, 3.63) is 27.9 Å². The van der Waals surface area contributed by atoms with Crippen molar-refractivity contribution in [2.45, 2.75) is 25.8 Å². The number of aryl methyl sites for hydroxylation is 1. The molecule has 108 valence electrons. The van der Waals surface area contributed by atoms with Crippen LogP contribution in [-0.2, 0) is 0 Å². The number of hydrogen-bond acceptors (Lipinski definition) is 5. The smallest absolute Gasteiger partial charge is 0.404 e. The summed E-state index contributed by atoms with van der Waals surface area (Å²) >= 11 is 0. The predicted octanol–water partition coefficient (Wildman–Crippen LogP) is 1.53. The largest absolute Gasteiger partial charge is 0.465 e. The number of nitrogens with one attached hydrogen (secondary N) is 1. The van der Waals surface area contributed by atoms with Gasteiger partial charge in [0.1, 0.15) is 12.0 Å². The molecule has 1 aromatic heterocycles. The molecule has 0 spiro atoms. The number of hydrogen-bond donors (Lipinski definition) is 2. The Morgan fingerprint density at radius 1 is 1.55 bits per heavy atom. The van der Waals surface area contributed by atoms with Gasteiger partial charge < -0.3 is 15.3 Å². The van der Waals surface area contributed by atoms with E-state index in [1.54, 1.807) is 13.0 Å². The highest BCUT2D eigenvalue weighted by Crippen LogP contribution is 2.23. The maximum Gasteiger partial charge on any atom is 0.404 e. The van der Waals surface area contributed by atoms with E-state index in [2.05, 4.69) is 10.3 Å². The third-order valence-corrected chi connectivity index (χ3v) is 3.41. The summed E-state index contributed by atoms with van der Waals surface area (Å²) in [6.07, 6.45) is 1.66. The number of aromatic nitrogens is 1. The van der Waals surface area contributed by atoms with E-state index in [1.165, 1.54) is 6.20 Å². The first-order chi connectivity index (χ1) is 9.47. The van der Waals surface area contributed by atoms with Gasteiger partial charge in [-0.2, -0.15) is 0 Å². The van der Waals surface area contributed by atoms with Crippen LogP contribution in [0.15, 0.2) is 12.3 Å². The molecule has 8 nitrogen and oxygen atoms in total. The minimum Gasteiger partial charge on any atom is -0.465 e. The molecule has 0 aliphatic carbocycles. The maximum atomic E-state index is 10.7. The summed E-state index contributed by atoms with van der Waals surface area (Å²) in [7, 11) is 0. The highest BCUT2D eigenvalue weighted by Gasteiger charge is 2.22. The Labute approximate surface area is 115 Å². The second-order valence-corrected chi connectivity index (χ2v) is 4.80. The van der Waals surface area contributed by atoms with Crippen LogP contribution < -0.4 is 10.2 Å². The van der Waals surface area contributed by atoms with Crippen LogP contribution in [0.3, 0.4) is 0 Å². The Bertz CT molecular complexity index is 526. The summed E-state index contributed by atoms with van der Waals surface area (Å²) in [5, 5.41) is 21.9. The fourth-order valence-electron chi connectivity index (χ4n) is 2.33. The first-order valence-electron chi connectivity index (χ1n) is 6.33. The van der Waals surface area contributed by atoms with E-state index in [0.29, 0.717) is 37.3 Å². The average molecular weight is 280 g/mol. The Morgan fingerprint density at radius 3 is 2.70 bits per heavy atom. The Hall–Kier alpha value is -2.38. The lowest BCUT2D eigenvalue weighted by molar-refractivity contribution is -0.385. The van der Waals surface area contributed by atoms with E-state index in [4.69, 9.17) is 5.11 Å². The molecule has 20 heavy (non-hydrogen) atoms. The Balaban J connectivity index is 2.02. The fraction of sp³-hybridized carbons (Fsp3) is 0.500. The highest BCUT2D eigenvalue weighted by molar-refractivity contribution is 5.64. The number of piperidine rings is 1. The molecule has 8 heteroatoms. The summed E-state index contributed by atoms with van der Waals surface area (Å²) in [6, 6.07) is 1.66. The van der Waals surface area contributed by atoms with Crippen LogP contribution >= 0.6 is 0 Å². The van der Waals surface area contributed by atoms with Crippen LogP contribution in [0.4, 0.5) is 16.3 Å². The topological polar surface area (TPSA) is 109 Å². The lowest BCUT2D eigenvalue weighted by Gasteiger charge is -2.32. The molecule has 1 aliphatic rings. The van der Waals surface area contributed by atoms with Gasteiger partial charge in [-0.3, -0.25) is 10.1 Å². The number of carbonyl (C=O) groups is 1. The molecule has 1 aromatic rings. The molecule has 1 saturated heterocycles. The zero-order valence-corrected chi connectivity index (χ0v) is 11.1. The SMILES string of the molecule is Cc1cc(N2CCC(NC(=O)O)CC2)ncc1[N+](=O)[O-]. The van der Waals surface area contributed by atoms with Gasteiger partial charge in [0.2, 0.25) is 0 Å². The number of rotatable bonds is 3. The molecule has 2 N–H and O–H groups in total.